The highest BCUT2D eigenvalue weighted by molar-refractivity contribution is 8.75. The molecule has 2 N–H and O–H groups in total. The Kier molecular flexibility index (Phi) is 3.42. The van der Waals surface area contributed by atoms with Crippen molar-refractivity contribution in [1.82, 2.24) is 9.62 Å². The van der Waals surface area contributed by atoms with E-state index in [0.29, 0.717) is 0 Å². The van der Waals surface area contributed by atoms with Gasteiger partial charge in [0, 0.05) is 6.54 Å². The fourth-order valence-corrected chi connectivity index (χ4v) is 3.76. The molecule has 2 aliphatic heterocycles. The molecule has 2 rings (SSSR count). The van der Waals surface area contributed by atoms with Crippen LogP contribution in [-0.4, -0.2) is 52.6 Å². The molecule has 2 aliphatic rings. The second-order valence-corrected chi connectivity index (χ2v) is 5.89. The van der Waals surface area contributed by atoms with E-state index in [4.69, 9.17) is 0 Å². The maximum atomic E-state index is 11.2. The molecule has 0 aromatic rings. The predicted molar refractivity (Wildman–Crippen MR) is 63.1 cm³/mol. The normalized spacial score (nSPS) is 34.9. The van der Waals surface area contributed by atoms with Gasteiger partial charge in [-0.05, 0) is 23.7 Å². The average Bonchev–Trinajstić information content (AvgIpc) is 2.64. The molecule has 0 radical (unpaired) electrons. The van der Waals surface area contributed by atoms with Gasteiger partial charge in [0.2, 0.25) is 0 Å². The first-order valence-electron chi connectivity index (χ1n) is 4.72. The molecule has 1 saturated heterocycles. The summed E-state index contributed by atoms with van der Waals surface area (Å²) in [7, 11) is 3.08. The predicted octanol–water partition coefficient (Wildman–Crippen LogP) is 0.440. The standard InChI is InChI=1S/C8H13N3O2S2/c1-14-15-11-3-2-5-6(10-4-9-5)7(11)8(12)13/h4-7H,2-3H2,1H3,(H,9,10)(H,12,13). The molecular weight excluding hydrogens is 234 g/mol. The van der Waals surface area contributed by atoms with Gasteiger partial charge in [-0.25, -0.2) is 4.31 Å². The van der Waals surface area contributed by atoms with E-state index in [-0.39, 0.29) is 12.1 Å². The monoisotopic (exact) mass is 247 g/mol. The van der Waals surface area contributed by atoms with Gasteiger partial charge < -0.3 is 10.4 Å². The first-order valence-corrected chi connectivity index (χ1v) is 7.23. The molecule has 0 aromatic carbocycles. The third-order valence-electron chi connectivity index (χ3n) is 2.67. The molecule has 0 aromatic heterocycles. The topological polar surface area (TPSA) is 64.9 Å². The van der Waals surface area contributed by atoms with Crippen molar-refractivity contribution in [2.45, 2.75) is 24.5 Å². The molecule has 1 fully saturated rings. The summed E-state index contributed by atoms with van der Waals surface area (Å²) in [4.78, 5) is 15.4. The minimum absolute atomic E-state index is 0.143. The Bertz CT molecular complexity index is 287. The maximum absolute atomic E-state index is 11.2. The van der Waals surface area contributed by atoms with E-state index in [1.165, 1.54) is 11.0 Å². The van der Waals surface area contributed by atoms with Gasteiger partial charge in [-0.1, -0.05) is 10.8 Å². The summed E-state index contributed by atoms with van der Waals surface area (Å²) in [5.41, 5.74) is 0. The van der Waals surface area contributed by atoms with Gasteiger partial charge in [0.1, 0.15) is 6.04 Å². The number of nitrogens with zero attached hydrogens (tertiary/aromatic N) is 2. The molecule has 5 nitrogen and oxygen atoms in total. The van der Waals surface area contributed by atoms with Crippen LogP contribution < -0.4 is 5.32 Å². The molecule has 84 valence electrons. The smallest absolute Gasteiger partial charge is 0.324 e. The molecule has 0 saturated carbocycles. The fraction of sp³-hybridized carbons (Fsp3) is 0.750. The Labute approximate surface area is 96.2 Å². The summed E-state index contributed by atoms with van der Waals surface area (Å²) < 4.78 is 1.92. The van der Waals surface area contributed by atoms with Crippen LogP contribution in [-0.2, 0) is 4.79 Å². The van der Waals surface area contributed by atoms with Crippen molar-refractivity contribution in [2.24, 2.45) is 4.99 Å². The number of carbonyl (C=O) groups is 1. The molecule has 0 aliphatic carbocycles. The third-order valence-corrected chi connectivity index (χ3v) is 4.44. The Morgan fingerprint density at radius 3 is 3.20 bits per heavy atom. The van der Waals surface area contributed by atoms with Crippen molar-refractivity contribution in [3.8, 4) is 0 Å². The summed E-state index contributed by atoms with van der Waals surface area (Å²) in [6, 6.07) is -0.451. The van der Waals surface area contributed by atoms with E-state index in [2.05, 4.69) is 10.3 Å². The lowest BCUT2D eigenvalue weighted by atomic mass is 9.95. The van der Waals surface area contributed by atoms with Gasteiger partial charge in [0.25, 0.3) is 0 Å². The van der Waals surface area contributed by atoms with E-state index < -0.39 is 12.0 Å². The molecule has 3 atom stereocenters. The molecule has 3 unspecified atom stereocenters. The van der Waals surface area contributed by atoms with Crippen LogP contribution in [0.3, 0.4) is 0 Å². The number of fused-ring (bicyclic) bond motifs is 1. The molecule has 0 spiro atoms. The van der Waals surface area contributed by atoms with Gasteiger partial charge in [-0.15, -0.1) is 0 Å². The summed E-state index contributed by atoms with van der Waals surface area (Å²) in [5, 5.41) is 12.3. The zero-order valence-corrected chi connectivity index (χ0v) is 9.92. The summed E-state index contributed by atoms with van der Waals surface area (Å²) in [5.74, 6) is -0.785. The van der Waals surface area contributed by atoms with E-state index in [1.54, 1.807) is 17.1 Å². The maximum Gasteiger partial charge on any atom is 0.324 e. The Hall–Kier alpha value is -0.400. The van der Waals surface area contributed by atoms with Crippen LogP contribution in [0.15, 0.2) is 4.99 Å². The lowest BCUT2D eigenvalue weighted by Gasteiger charge is -2.37. The highest BCUT2D eigenvalue weighted by Crippen LogP contribution is 2.33. The third kappa shape index (κ3) is 2.09. The number of piperidine rings is 1. The quantitative estimate of drug-likeness (QED) is 0.557. The number of aliphatic carboxylic acids is 1. The van der Waals surface area contributed by atoms with Crippen molar-refractivity contribution in [1.29, 1.82) is 0 Å². The average molecular weight is 247 g/mol. The SMILES string of the molecule is CSSN1CCC2NC=NC2C1C(=O)O. The van der Waals surface area contributed by atoms with Gasteiger partial charge in [0.05, 0.1) is 18.4 Å². The summed E-state index contributed by atoms with van der Waals surface area (Å²) in [6.07, 6.45) is 4.53. The Balaban J connectivity index is 2.14. The Morgan fingerprint density at radius 1 is 1.73 bits per heavy atom. The lowest BCUT2D eigenvalue weighted by Crippen LogP contribution is -2.55. The van der Waals surface area contributed by atoms with Crippen molar-refractivity contribution in [3.63, 3.8) is 0 Å². The zero-order valence-electron chi connectivity index (χ0n) is 8.29. The van der Waals surface area contributed by atoms with Crippen molar-refractivity contribution < 1.29 is 9.90 Å². The minimum Gasteiger partial charge on any atom is -0.480 e. The minimum atomic E-state index is -0.785. The number of nitrogens with one attached hydrogen (secondary N) is 1. The number of carboxylic acids is 1. The van der Waals surface area contributed by atoms with Gasteiger partial charge in [-0.3, -0.25) is 9.79 Å². The number of aliphatic imine (C=N–C) groups is 1. The van der Waals surface area contributed by atoms with E-state index in [0.717, 1.165) is 13.0 Å². The first kappa shape index (κ1) is 11.1. The van der Waals surface area contributed by atoms with Gasteiger partial charge >= 0.3 is 5.97 Å². The second kappa shape index (κ2) is 4.63. The van der Waals surface area contributed by atoms with E-state index in [1.807, 2.05) is 10.6 Å². The molecule has 0 amide bonds. The van der Waals surface area contributed by atoms with Crippen molar-refractivity contribution >= 4 is 34.1 Å². The van der Waals surface area contributed by atoms with Gasteiger partial charge in [0.15, 0.2) is 0 Å². The van der Waals surface area contributed by atoms with Crippen LogP contribution in [0.5, 0.6) is 0 Å². The van der Waals surface area contributed by atoms with Crippen LogP contribution in [0.2, 0.25) is 0 Å². The molecule has 7 heteroatoms. The zero-order chi connectivity index (χ0) is 10.8. The van der Waals surface area contributed by atoms with Crippen LogP contribution in [0.25, 0.3) is 0 Å². The second-order valence-electron chi connectivity index (χ2n) is 3.50. The Morgan fingerprint density at radius 2 is 2.53 bits per heavy atom. The number of hydrogen-bond acceptors (Lipinski definition) is 6. The van der Waals surface area contributed by atoms with Crippen LogP contribution in [0.1, 0.15) is 6.42 Å². The van der Waals surface area contributed by atoms with Crippen molar-refractivity contribution in [3.05, 3.63) is 0 Å². The molecule has 0 bridgehead atoms. The summed E-state index contributed by atoms with van der Waals surface area (Å²) in [6.45, 7) is 0.792. The van der Waals surface area contributed by atoms with Crippen LogP contribution >= 0.6 is 21.8 Å². The molecule has 2 heterocycles. The lowest BCUT2D eigenvalue weighted by molar-refractivity contribution is -0.142. The summed E-state index contributed by atoms with van der Waals surface area (Å²) >= 11 is 0. The number of rotatable bonds is 3. The van der Waals surface area contributed by atoms with Crippen LogP contribution in [0, 0.1) is 0 Å². The van der Waals surface area contributed by atoms with Gasteiger partial charge in [-0.2, -0.15) is 0 Å². The highest BCUT2D eigenvalue weighted by atomic mass is 33.1. The molecule has 15 heavy (non-hydrogen) atoms. The highest BCUT2D eigenvalue weighted by Gasteiger charge is 2.44. The largest absolute Gasteiger partial charge is 0.480 e. The number of hydrogen-bond donors (Lipinski definition) is 2. The first-order chi connectivity index (χ1) is 7.24. The van der Waals surface area contributed by atoms with Crippen molar-refractivity contribution in [2.75, 3.05) is 12.8 Å². The number of carboxylic acid groups (broad SMARTS) is 1. The van der Waals surface area contributed by atoms with E-state index >= 15 is 0 Å². The fourth-order valence-electron chi connectivity index (χ4n) is 2.01. The van der Waals surface area contributed by atoms with E-state index in [9.17, 15) is 9.90 Å². The molecular formula is C8H13N3O2S2. The van der Waals surface area contributed by atoms with Crippen LogP contribution in [0.4, 0.5) is 0 Å².